The minimum Gasteiger partial charge on any atom is -0.304 e. The second kappa shape index (κ2) is 3.62. The smallest absolute Gasteiger partial charge is 0.304 e. The SMILES string of the molecule is Cc1c([N+](=O)[O-])cnn1C1CCN(C)C1. The highest BCUT2D eigenvalue weighted by molar-refractivity contribution is 5.32. The van der Waals surface area contributed by atoms with E-state index in [2.05, 4.69) is 10.00 Å². The maximum atomic E-state index is 10.7. The molecule has 1 unspecified atom stereocenters. The van der Waals surface area contributed by atoms with E-state index in [0.717, 1.165) is 19.5 Å². The summed E-state index contributed by atoms with van der Waals surface area (Å²) in [4.78, 5) is 12.5. The highest BCUT2D eigenvalue weighted by atomic mass is 16.6. The van der Waals surface area contributed by atoms with Crippen molar-refractivity contribution in [2.24, 2.45) is 0 Å². The molecule has 15 heavy (non-hydrogen) atoms. The number of hydrogen-bond donors (Lipinski definition) is 0. The van der Waals surface area contributed by atoms with Gasteiger partial charge in [0.2, 0.25) is 0 Å². The first-order valence-corrected chi connectivity index (χ1v) is 4.96. The van der Waals surface area contributed by atoms with Gasteiger partial charge in [-0.2, -0.15) is 5.10 Å². The van der Waals surface area contributed by atoms with Crippen LogP contribution in [0.1, 0.15) is 18.2 Å². The van der Waals surface area contributed by atoms with E-state index < -0.39 is 0 Å². The Morgan fingerprint density at radius 3 is 2.87 bits per heavy atom. The summed E-state index contributed by atoms with van der Waals surface area (Å²) in [6, 6.07) is 0.281. The van der Waals surface area contributed by atoms with Gasteiger partial charge in [0.25, 0.3) is 0 Å². The molecule has 1 aromatic heterocycles. The lowest BCUT2D eigenvalue weighted by Gasteiger charge is -2.12. The van der Waals surface area contributed by atoms with Crippen LogP contribution in [0.2, 0.25) is 0 Å². The predicted octanol–water partition coefficient (Wildman–Crippen LogP) is 0.976. The molecule has 0 aliphatic carbocycles. The van der Waals surface area contributed by atoms with E-state index in [1.165, 1.54) is 6.20 Å². The molecule has 2 rings (SSSR count). The minimum absolute atomic E-state index is 0.115. The summed E-state index contributed by atoms with van der Waals surface area (Å²) in [5.74, 6) is 0. The van der Waals surface area contributed by atoms with E-state index >= 15 is 0 Å². The van der Waals surface area contributed by atoms with Crippen molar-refractivity contribution in [3.05, 3.63) is 22.0 Å². The van der Waals surface area contributed by atoms with Gasteiger partial charge < -0.3 is 4.90 Å². The summed E-state index contributed by atoms with van der Waals surface area (Å²) in [7, 11) is 2.05. The van der Waals surface area contributed by atoms with Gasteiger partial charge in [-0.3, -0.25) is 14.8 Å². The van der Waals surface area contributed by atoms with Crippen LogP contribution in [-0.2, 0) is 0 Å². The van der Waals surface area contributed by atoms with Crippen molar-refractivity contribution in [3.8, 4) is 0 Å². The summed E-state index contributed by atoms with van der Waals surface area (Å²) in [6.07, 6.45) is 2.35. The maximum Gasteiger partial charge on any atom is 0.309 e. The molecule has 0 radical (unpaired) electrons. The summed E-state index contributed by atoms with van der Waals surface area (Å²) in [5.41, 5.74) is 0.768. The third kappa shape index (κ3) is 1.72. The van der Waals surface area contributed by atoms with Gasteiger partial charge in [-0.25, -0.2) is 0 Å². The zero-order valence-corrected chi connectivity index (χ0v) is 8.88. The fourth-order valence-corrected chi connectivity index (χ4v) is 2.07. The van der Waals surface area contributed by atoms with Crippen molar-refractivity contribution in [1.82, 2.24) is 14.7 Å². The second-order valence-electron chi connectivity index (χ2n) is 4.02. The number of hydrogen-bond acceptors (Lipinski definition) is 4. The lowest BCUT2D eigenvalue weighted by atomic mass is 10.2. The molecular formula is C9H14N4O2. The van der Waals surface area contributed by atoms with Crippen molar-refractivity contribution in [2.45, 2.75) is 19.4 Å². The highest BCUT2D eigenvalue weighted by Crippen LogP contribution is 2.25. The van der Waals surface area contributed by atoms with E-state index in [1.807, 2.05) is 7.05 Å². The van der Waals surface area contributed by atoms with Gasteiger partial charge in [0.05, 0.1) is 11.0 Å². The van der Waals surface area contributed by atoms with Crippen LogP contribution < -0.4 is 0 Å². The molecule has 82 valence electrons. The number of aromatic nitrogens is 2. The quantitative estimate of drug-likeness (QED) is 0.539. The first-order chi connectivity index (χ1) is 7.09. The molecule has 1 fully saturated rings. The fraction of sp³-hybridized carbons (Fsp3) is 0.667. The molecule has 6 nitrogen and oxygen atoms in total. The Kier molecular flexibility index (Phi) is 2.44. The Balaban J connectivity index is 2.26. The standard InChI is InChI=1S/C9H14N4O2/c1-7-9(13(14)15)5-10-12(7)8-3-4-11(2)6-8/h5,8H,3-4,6H2,1-2H3. The first-order valence-electron chi connectivity index (χ1n) is 4.96. The average molecular weight is 210 g/mol. The molecule has 0 aromatic carbocycles. The Morgan fingerprint density at radius 1 is 1.67 bits per heavy atom. The topological polar surface area (TPSA) is 64.2 Å². The third-order valence-corrected chi connectivity index (χ3v) is 2.93. The number of likely N-dealkylation sites (N-methyl/N-ethyl adjacent to an activating group) is 1. The van der Waals surface area contributed by atoms with E-state index in [0.29, 0.717) is 5.69 Å². The Hall–Kier alpha value is -1.43. The Labute approximate surface area is 87.6 Å². The highest BCUT2D eigenvalue weighted by Gasteiger charge is 2.26. The van der Waals surface area contributed by atoms with Crippen LogP contribution in [0, 0.1) is 17.0 Å². The Bertz CT molecular complexity index is 387. The van der Waals surface area contributed by atoms with Crippen LogP contribution in [0.5, 0.6) is 0 Å². The zero-order valence-electron chi connectivity index (χ0n) is 8.88. The van der Waals surface area contributed by atoms with Crippen LogP contribution in [0.4, 0.5) is 5.69 Å². The minimum atomic E-state index is -0.377. The van der Waals surface area contributed by atoms with Crippen LogP contribution in [-0.4, -0.2) is 39.7 Å². The Morgan fingerprint density at radius 2 is 2.40 bits per heavy atom. The summed E-state index contributed by atoms with van der Waals surface area (Å²) >= 11 is 0. The van der Waals surface area contributed by atoms with Crippen LogP contribution in [0.15, 0.2) is 6.20 Å². The molecule has 0 spiro atoms. The molecule has 0 N–H and O–H groups in total. The maximum absolute atomic E-state index is 10.7. The average Bonchev–Trinajstić information content (AvgIpc) is 2.71. The third-order valence-electron chi connectivity index (χ3n) is 2.93. The zero-order chi connectivity index (χ0) is 11.0. The van der Waals surface area contributed by atoms with Crippen molar-refractivity contribution in [1.29, 1.82) is 0 Å². The molecule has 1 aliphatic rings. The van der Waals surface area contributed by atoms with Gasteiger partial charge in [-0.1, -0.05) is 0 Å². The lowest BCUT2D eigenvalue weighted by Crippen LogP contribution is -2.17. The van der Waals surface area contributed by atoms with Gasteiger partial charge in [0.1, 0.15) is 11.9 Å². The number of likely N-dealkylation sites (tertiary alicyclic amines) is 1. The van der Waals surface area contributed by atoms with Gasteiger partial charge in [-0.15, -0.1) is 0 Å². The van der Waals surface area contributed by atoms with Gasteiger partial charge in [0.15, 0.2) is 0 Å². The molecule has 1 aromatic rings. The van der Waals surface area contributed by atoms with Crippen molar-refractivity contribution >= 4 is 5.69 Å². The van der Waals surface area contributed by atoms with Crippen LogP contribution >= 0.6 is 0 Å². The number of rotatable bonds is 2. The molecule has 0 amide bonds. The predicted molar refractivity (Wildman–Crippen MR) is 54.8 cm³/mol. The number of nitrogens with zero attached hydrogens (tertiary/aromatic N) is 4. The van der Waals surface area contributed by atoms with Gasteiger partial charge in [0, 0.05) is 6.54 Å². The summed E-state index contributed by atoms with van der Waals surface area (Å²) in [5, 5.41) is 14.8. The monoisotopic (exact) mass is 210 g/mol. The molecule has 2 heterocycles. The molecule has 1 atom stereocenters. The van der Waals surface area contributed by atoms with Crippen LogP contribution in [0.25, 0.3) is 0 Å². The molecular weight excluding hydrogens is 196 g/mol. The van der Waals surface area contributed by atoms with Crippen molar-refractivity contribution in [2.75, 3.05) is 20.1 Å². The normalized spacial score (nSPS) is 22.1. The fourth-order valence-electron chi connectivity index (χ4n) is 2.07. The second-order valence-corrected chi connectivity index (χ2v) is 4.02. The van der Waals surface area contributed by atoms with Crippen molar-refractivity contribution in [3.63, 3.8) is 0 Å². The van der Waals surface area contributed by atoms with E-state index in [-0.39, 0.29) is 16.7 Å². The lowest BCUT2D eigenvalue weighted by molar-refractivity contribution is -0.385. The summed E-state index contributed by atoms with van der Waals surface area (Å²) < 4.78 is 1.78. The van der Waals surface area contributed by atoms with E-state index in [9.17, 15) is 10.1 Å². The molecule has 1 saturated heterocycles. The number of nitro groups is 1. The van der Waals surface area contributed by atoms with E-state index in [4.69, 9.17) is 0 Å². The molecule has 6 heteroatoms. The van der Waals surface area contributed by atoms with Crippen LogP contribution in [0.3, 0.4) is 0 Å². The first kappa shape index (κ1) is 10.1. The van der Waals surface area contributed by atoms with Crippen molar-refractivity contribution < 1.29 is 4.92 Å². The summed E-state index contributed by atoms with van der Waals surface area (Å²) in [6.45, 7) is 3.70. The molecule has 1 aliphatic heterocycles. The van der Waals surface area contributed by atoms with Gasteiger partial charge in [-0.05, 0) is 26.9 Å². The molecule has 0 saturated carbocycles. The van der Waals surface area contributed by atoms with Gasteiger partial charge >= 0.3 is 5.69 Å². The van der Waals surface area contributed by atoms with E-state index in [1.54, 1.807) is 11.6 Å². The molecule has 0 bridgehead atoms. The largest absolute Gasteiger partial charge is 0.309 e.